The van der Waals surface area contributed by atoms with Crippen LogP contribution in [0.1, 0.15) is 18.7 Å². The maximum absolute atomic E-state index is 11.8. The van der Waals surface area contributed by atoms with Crippen LogP contribution < -0.4 is 5.32 Å². The lowest BCUT2D eigenvalue weighted by atomic mass is 10.3. The summed E-state index contributed by atoms with van der Waals surface area (Å²) in [4.78, 5) is 36.0. The molecule has 114 valence electrons. The second kappa shape index (κ2) is 8.91. The van der Waals surface area contributed by atoms with Crippen molar-refractivity contribution in [2.75, 3.05) is 13.2 Å². The largest absolute Gasteiger partial charge is 0.464 e. The van der Waals surface area contributed by atoms with Gasteiger partial charge in [-0.05, 0) is 31.4 Å². The van der Waals surface area contributed by atoms with Crippen molar-refractivity contribution in [3.63, 3.8) is 0 Å². The molecule has 0 unspecified atom stereocenters. The molecule has 1 amide bonds. The molecule has 0 aliphatic heterocycles. The number of thiophene rings is 1. The molecule has 7 heteroatoms. The van der Waals surface area contributed by atoms with Crippen LogP contribution >= 0.6 is 11.3 Å². The number of hydrogen-bond acceptors (Lipinski definition) is 6. The Morgan fingerprint density at radius 1 is 1.24 bits per heavy atom. The summed E-state index contributed by atoms with van der Waals surface area (Å²) in [6.45, 7) is 3.43. The lowest BCUT2D eigenvalue weighted by Crippen LogP contribution is -2.47. The number of nitrogens with one attached hydrogen (secondary N) is 1. The third-order valence-electron chi connectivity index (χ3n) is 2.27. The fourth-order valence-electron chi connectivity index (χ4n) is 1.40. The molecule has 0 aliphatic rings. The van der Waals surface area contributed by atoms with Crippen molar-refractivity contribution in [3.05, 3.63) is 28.5 Å². The smallest absolute Gasteiger partial charge is 0.340 e. The van der Waals surface area contributed by atoms with Crippen LogP contribution in [0.25, 0.3) is 6.08 Å². The van der Waals surface area contributed by atoms with Gasteiger partial charge in [0.25, 0.3) is 0 Å². The highest BCUT2D eigenvalue weighted by Crippen LogP contribution is 2.09. The highest BCUT2D eigenvalue weighted by atomic mass is 32.1. The summed E-state index contributed by atoms with van der Waals surface area (Å²) in [5.74, 6) is -2.25. The molecule has 1 heterocycles. The average molecular weight is 311 g/mol. The third-order valence-corrected chi connectivity index (χ3v) is 3.11. The first-order valence-electron chi connectivity index (χ1n) is 6.43. The topological polar surface area (TPSA) is 81.7 Å². The Hall–Kier alpha value is -2.15. The predicted molar refractivity (Wildman–Crippen MR) is 78.5 cm³/mol. The van der Waals surface area contributed by atoms with Crippen molar-refractivity contribution in [3.8, 4) is 0 Å². The first-order valence-corrected chi connectivity index (χ1v) is 7.31. The third kappa shape index (κ3) is 5.78. The van der Waals surface area contributed by atoms with E-state index in [1.165, 1.54) is 17.4 Å². The number of carbonyl (C=O) groups is 3. The first-order chi connectivity index (χ1) is 10.1. The van der Waals surface area contributed by atoms with Crippen LogP contribution in [-0.2, 0) is 23.9 Å². The second-order valence-electron chi connectivity index (χ2n) is 3.79. The van der Waals surface area contributed by atoms with Gasteiger partial charge in [0.1, 0.15) is 0 Å². The van der Waals surface area contributed by atoms with Gasteiger partial charge in [-0.3, -0.25) is 4.79 Å². The molecule has 0 aliphatic carbocycles. The monoisotopic (exact) mass is 311 g/mol. The van der Waals surface area contributed by atoms with Gasteiger partial charge in [-0.15, -0.1) is 11.3 Å². The quantitative estimate of drug-likeness (QED) is 0.467. The van der Waals surface area contributed by atoms with Crippen molar-refractivity contribution in [1.82, 2.24) is 5.32 Å². The van der Waals surface area contributed by atoms with Gasteiger partial charge in [-0.25, -0.2) is 9.59 Å². The van der Waals surface area contributed by atoms with Gasteiger partial charge in [0.2, 0.25) is 11.9 Å². The molecule has 0 atom stereocenters. The molecule has 1 aromatic rings. The molecular formula is C14H17NO5S. The normalized spacial score (nSPS) is 10.6. The standard InChI is InChI=1S/C14H17NO5S/c1-3-19-13(17)12(14(18)20-4-2)15-11(16)8-7-10-6-5-9-21-10/h5-9,12H,3-4H2,1-2H3,(H,15,16)/b8-7-. The summed E-state index contributed by atoms with van der Waals surface area (Å²) in [7, 11) is 0. The first kappa shape index (κ1) is 16.9. The van der Waals surface area contributed by atoms with Gasteiger partial charge >= 0.3 is 11.9 Å². The molecule has 0 aromatic carbocycles. The van der Waals surface area contributed by atoms with E-state index < -0.39 is 23.9 Å². The Labute approximate surface area is 126 Å². The fraction of sp³-hybridized carbons (Fsp3) is 0.357. The summed E-state index contributed by atoms with van der Waals surface area (Å²) in [6.07, 6.45) is 2.84. The van der Waals surface area contributed by atoms with Crippen LogP contribution in [0.5, 0.6) is 0 Å². The summed E-state index contributed by atoms with van der Waals surface area (Å²) in [5, 5.41) is 4.15. The fourth-order valence-corrected chi connectivity index (χ4v) is 2.02. The zero-order valence-corrected chi connectivity index (χ0v) is 12.6. The number of esters is 2. The second-order valence-corrected chi connectivity index (χ2v) is 4.77. The minimum atomic E-state index is -1.45. The molecule has 1 N–H and O–H groups in total. The van der Waals surface area contributed by atoms with Crippen molar-refractivity contribution >= 4 is 35.3 Å². The highest BCUT2D eigenvalue weighted by Gasteiger charge is 2.30. The van der Waals surface area contributed by atoms with Crippen LogP contribution in [0.2, 0.25) is 0 Å². The van der Waals surface area contributed by atoms with E-state index in [1.54, 1.807) is 19.9 Å². The number of amides is 1. The average Bonchev–Trinajstić information content (AvgIpc) is 2.96. The summed E-state index contributed by atoms with van der Waals surface area (Å²) in [6, 6.07) is 2.23. The summed E-state index contributed by atoms with van der Waals surface area (Å²) < 4.78 is 9.49. The molecule has 0 spiro atoms. The van der Waals surface area contributed by atoms with E-state index >= 15 is 0 Å². The van der Waals surface area contributed by atoms with Crippen molar-refractivity contribution < 1.29 is 23.9 Å². The van der Waals surface area contributed by atoms with Gasteiger partial charge in [-0.1, -0.05) is 6.07 Å². The number of carbonyl (C=O) groups excluding carboxylic acids is 3. The predicted octanol–water partition coefficient (Wildman–Crippen LogP) is 1.37. The molecule has 0 radical (unpaired) electrons. The zero-order valence-electron chi connectivity index (χ0n) is 11.8. The molecule has 0 saturated carbocycles. The Morgan fingerprint density at radius 2 is 1.86 bits per heavy atom. The van der Waals surface area contributed by atoms with Crippen molar-refractivity contribution in [2.45, 2.75) is 19.9 Å². The lowest BCUT2D eigenvalue weighted by molar-refractivity contribution is -0.159. The number of ether oxygens (including phenoxy) is 2. The molecule has 0 bridgehead atoms. The van der Waals surface area contributed by atoms with E-state index in [4.69, 9.17) is 9.47 Å². The molecule has 0 fully saturated rings. The van der Waals surface area contributed by atoms with E-state index in [2.05, 4.69) is 5.32 Å². The Bertz CT molecular complexity index is 491. The highest BCUT2D eigenvalue weighted by molar-refractivity contribution is 7.10. The summed E-state index contributed by atoms with van der Waals surface area (Å²) >= 11 is 1.46. The lowest BCUT2D eigenvalue weighted by Gasteiger charge is -2.14. The maximum Gasteiger partial charge on any atom is 0.340 e. The number of hydrogen-bond donors (Lipinski definition) is 1. The van der Waals surface area contributed by atoms with Crippen LogP contribution in [0, 0.1) is 0 Å². The van der Waals surface area contributed by atoms with Gasteiger partial charge in [0.15, 0.2) is 0 Å². The summed E-state index contributed by atoms with van der Waals surface area (Å²) in [5.41, 5.74) is 0. The molecule has 21 heavy (non-hydrogen) atoms. The van der Waals surface area contributed by atoms with E-state index in [9.17, 15) is 14.4 Å². The van der Waals surface area contributed by atoms with E-state index in [0.29, 0.717) is 0 Å². The van der Waals surface area contributed by atoms with Crippen LogP contribution in [0.3, 0.4) is 0 Å². The van der Waals surface area contributed by atoms with Crippen LogP contribution in [0.15, 0.2) is 23.6 Å². The van der Waals surface area contributed by atoms with Crippen LogP contribution in [0.4, 0.5) is 0 Å². The molecule has 1 rings (SSSR count). The van der Waals surface area contributed by atoms with Gasteiger partial charge in [-0.2, -0.15) is 0 Å². The van der Waals surface area contributed by atoms with Gasteiger partial charge in [0.05, 0.1) is 13.2 Å². The van der Waals surface area contributed by atoms with E-state index in [-0.39, 0.29) is 13.2 Å². The minimum absolute atomic E-state index is 0.107. The molecule has 1 aromatic heterocycles. The Kier molecular flexibility index (Phi) is 7.17. The van der Waals surface area contributed by atoms with Crippen molar-refractivity contribution in [2.24, 2.45) is 0 Å². The molecular weight excluding hydrogens is 294 g/mol. The minimum Gasteiger partial charge on any atom is -0.464 e. The Morgan fingerprint density at radius 3 is 2.33 bits per heavy atom. The van der Waals surface area contributed by atoms with Crippen molar-refractivity contribution in [1.29, 1.82) is 0 Å². The van der Waals surface area contributed by atoms with E-state index in [0.717, 1.165) is 4.88 Å². The Balaban J connectivity index is 2.68. The number of rotatable bonds is 7. The SMILES string of the molecule is CCOC(=O)C(NC(=O)/C=C\c1cccs1)C(=O)OCC. The van der Waals surface area contributed by atoms with Crippen LogP contribution in [-0.4, -0.2) is 37.1 Å². The molecule has 0 saturated heterocycles. The maximum atomic E-state index is 11.8. The van der Waals surface area contributed by atoms with Gasteiger partial charge < -0.3 is 14.8 Å². The molecule has 6 nitrogen and oxygen atoms in total. The zero-order chi connectivity index (χ0) is 15.7. The van der Waals surface area contributed by atoms with E-state index in [1.807, 2.05) is 17.5 Å². The van der Waals surface area contributed by atoms with Gasteiger partial charge in [0, 0.05) is 11.0 Å².